The fraction of sp³-hybridized carbons (Fsp3) is 1.00. The highest BCUT2D eigenvalue weighted by atomic mass is 16.6. The molecule has 1 fully saturated rings. The van der Waals surface area contributed by atoms with E-state index in [1.54, 1.807) is 13.8 Å². The van der Waals surface area contributed by atoms with E-state index < -0.39 is 24.1 Å². The van der Waals surface area contributed by atoms with Crippen LogP contribution in [0.5, 0.6) is 0 Å². The van der Waals surface area contributed by atoms with Gasteiger partial charge in [-0.15, -0.1) is 0 Å². The van der Waals surface area contributed by atoms with Crippen molar-refractivity contribution in [2.24, 2.45) is 0 Å². The molecule has 2 N–H and O–H groups in total. The molecule has 0 saturated carbocycles. The second kappa shape index (κ2) is 3.30. The summed E-state index contributed by atoms with van der Waals surface area (Å²) in [5.74, 6) is 0. The van der Waals surface area contributed by atoms with Crippen LogP contribution in [0.1, 0.15) is 20.3 Å². The largest absolute Gasteiger partial charge is 0.387 e. The lowest BCUT2D eigenvalue weighted by molar-refractivity contribution is -0.263. The van der Waals surface area contributed by atoms with Gasteiger partial charge in [-0.25, -0.2) is 0 Å². The standard InChI is InChI=1S/C8H16O4/c1-5-7(10)8(2,11-3)4-6(9)12-5/h5-7,9-10H,4H2,1-3H3/t5-,6-,7-,8-/m0/s1. The third kappa shape index (κ3) is 1.61. The Hall–Kier alpha value is -0.160. The summed E-state index contributed by atoms with van der Waals surface area (Å²) in [7, 11) is 1.52. The zero-order valence-corrected chi connectivity index (χ0v) is 7.65. The lowest BCUT2D eigenvalue weighted by Gasteiger charge is -2.42. The Balaban J connectivity index is 2.72. The Morgan fingerprint density at radius 1 is 1.50 bits per heavy atom. The minimum Gasteiger partial charge on any atom is -0.387 e. The number of aliphatic hydroxyl groups excluding tert-OH is 2. The van der Waals surface area contributed by atoms with E-state index in [9.17, 15) is 10.2 Å². The number of ether oxygens (including phenoxy) is 2. The minimum atomic E-state index is -0.839. The second-order valence-electron chi connectivity index (χ2n) is 3.46. The average molecular weight is 176 g/mol. The van der Waals surface area contributed by atoms with Crippen LogP contribution in [-0.4, -0.2) is 41.4 Å². The molecule has 0 unspecified atom stereocenters. The first-order valence-corrected chi connectivity index (χ1v) is 4.06. The maximum atomic E-state index is 9.65. The molecule has 1 rings (SSSR count). The first-order valence-electron chi connectivity index (χ1n) is 4.06. The number of hydrogen-bond donors (Lipinski definition) is 2. The van der Waals surface area contributed by atoms with Gasteiger partial charge in [-0.3, -0.25) is 0 Å². The second-order valence-corrected chi connectivity index (χ2v) is 3.46. The molecule has 0 aromatic heterocycles. The van der Waals surface area contributed by atoms with Crippen molar-refractivity contribution in [3.05, 3.63) is 0 Å². The van der Waals surface area contributed by atoms with Crippen LogP contribution in [0.2, 0.25) is 0 Å². The Labute approximate surface area is 72.1 Å². The molecule has 0 aromatic rings. The number of rotatable bonds is 1. The lowest BCUT2D eigenvalue weighted by Crippen LogP contribution is -2.55. The van der Waals surface area contributed by atoms with Gasteiger partial charge >= 0.3 is 0 Å². The summed E-state index contributed by atoms with van der Waals surface area (Å²) in [4.78, 5) is 0. The van der Waals surface area contributed by atoms with Crippen LogP contribution in [0.4, 0.5) is 0 Å². The summed E-state index contributed by atoms with van der Waals surface area (Å²) in [6, 6.07) is 0. The Bertz CT molecular complexity index is 161. The van der Waals surface area contributed by atoms with Crippen LogP contribution in [0.25, 0.3) is 0 Å². The fourth-order valence-corrected chi connectivity index (χ4v) is 1.54. The molecule has 72 valence electrons. The summed E-state index contributed by atoms with van der Waals surface area (Å²) in [6.07, 6.45) is -1.62. The normalized spacial score (nSPS) is 49.2. The van der Waals surface area contributed by atoms with Crippen LogP contribution < -0.4 is 0 Å². The van der Waals surface area contributed by atoms with Crippen molar-refractivity contribution in [2.45, 2.75) is 44.4 Å². The van der Waals surface area contributed by atoms with Gasteiger partial charge in [0.1, 0.15) is 6.10 Å². The summed E-state index contributed by atoms with van der Waals surface area (Å²) >= 11 is 0. The number of aliphatic hydroxyl groups is 2. The number of methoxy groups -OCH3 is 1. The van der Waals surface area contributed by atoms with E-state index in [1.165, 1.54) is 7.11 Å². The maximum Gasteiger partial charge on any atom is 0.157 e. The summed E-state index contributed by atoms with van der Waals surface area (Å²) in [5.41, 5.74) is -0.697. The van der Waals surface area contributed by atoms with Crippen molar-refractivity contribution in [1.82, 2.24) is 0 Å². The zero-order valence-electron chi connectivity index (χ0n) is 7.65. The van der Waals surface area contributed by atoms with E-state index in [0.717, 1.165) is 0 Å². The van der Waals surface area contributed by atoms with Gasteiger partial charge in [-0.2, -0.15) is 0 Å². The van der Waals surface area contributed by atoms with Crippen LogP contribution >= 0.6 is 0 Å². The molecule has 1 aliphatic rings. The van der Waals surface area contributed by atoms with Gasteiger partial charge in [0, 0.05) is 13.5 Å². The molecule has 0 aliphatic carbocycles. The molecule has 1 aliphatic heterocycles. The van der Waals surface area contributed by atoms with Gasteiger partial charge in [-0.1, -0.05) is 0 Å². The summed E-state index contributed by atoms with van der Waals surface area (Å²) < 4.78 is 10.2. The van der Waals surface area contributed by atoms with E-state index in [4.69, 9.17) is 9.47 Å². The molecule has 0 amide bonds. The fourth-order valence-electron chi connectivity index (χ4n) is 1.54. The lowest BCUT2D eigenvalue weighted by atomic mass is 9.89. The van der Waals surface area contributed by atoms with Gasteiger partial charge in [0.2, 0.25) is 0 Å². The van der Waals surface area contributed by atoms with E-state index in [1.807, 2.05) is 0 Å². The monoisotopic (exact) mass is 176 g/mol. The van der Waals surface area contributed by atoms with Crippen LogP contribution in [0, 0.1) is 0 Å². The molecule has 4 nitrogen and oxygen atoms in total. The van der Waals surface area contributed by atoms with Crippen molar-refractivity contribution < 1.29 is 19.7 Å². The molecule has 0 aromatic carbocycles. The molecule has 1 heterocycles. The molecule has 4 atom stereocenters. The Morgan fingerprint density at radius 3 is 2.58 bits per heavy atom. The maximum absolute atomic E-state index is 9.65. The highest BCUT2D eigenvalue weighted by molar-refractivity contribution is 4.91. The van der Waals surface area contributed by atoms with Crippen molar-refractivity contribution >= 4 is 0 Å². The highest BCUT2D eigenvalue weighted by Crippen LogP contribution is 2.30. The smallest absolute Gasteiger partial charge is 0.157 e. The zero-order chi connectivity index (χ0) is 9.35. The van der Waals surface area contributed by atoms with E-state index in [-0.39, 0.29) is 0 Å². The van der Waals surface area contributed by atoms with Crippen LogP contribution in [-0.2, 0) is 9.47 Å². The predicted octanol–water partition coefficient (Wildman–Crippen LogP) is -0.120. The third-order valence-electron chi connectivity index (χ3n) is 2.49. The van der Waals surface area contributed by atoms with Crippen molar-refractivity contribution in [3.63, 3.8) is 0 Å². The van der Waals surface area contributed by atoms with Crippen molar-refractivity contribution in [1.29, 1.82) is 0 Å². The Kier molecular flexibility index (Phi) is 2.73. The average Bonchev–Trinajstić information content (AvgIpc) is 2.00. The van der Waals surface area contributed by atoms with Gasteiger partial charge in [0.15, 0.2) is 6.29 Å². The quantitative estimate of drug-likeness (QED) is 0.584. The molecule has 1 saturated heterocycles. The van der Waals surface area contributed by atoms with Crippen LogP contribution in [0.15, 0.2) is 0 Å². The first kappa shape index (κ1) is 9.92. The molecule has 12 heavy (non-hydrogen) atoms. The molecule has 0 radical (unpaired) electrons. The van der Waals surface area contributed by atoms with Gasteiger partial charge in [-0.05, 0) is 13.8 Å². The topological polar surface area (TPSA) is 58.9 Å². The van der Waals surface area contributed by atoms with E-state index in [0.29, 0.717) is 6.42 Å². The molecule has 4 heteroatoms. The number of hydrogen-bond acceptors (Lipinski definition) is 4. The molecular weight excluding hydrogens is 160 g/mol. The van der Waals surface area contributed by atoms with E-state index in [2.05, 4.69) is 0 Å². The first-order chi connectivity index (χ1) is 5.49. The van der Waals surface area contributed by atoms with E-state index >= 15 is 0 Å². The molecule has 0 spiro atoms. The van der Waals surface area contributed by atoms with Crippen molar-refractivity contribution in [3.8, 4) is 0 Å². The van der Waals surface area contributed by atoms with Gasteiger partial charge < -0.3 is 19.7 Å². The summed E-state index contributed by atoms with van der Waals surface area (Å²) in [5, 5.41) is 18.9. The van der Waals surface area contributed by atoms with Gasteiger partial charge in [0.05, 0.1) is 11.7 Å². The predicted molar refractivity (Wildman–Crippen MR) is 42.6 cm³/mol. The SMILES string of the molecule is CO[C@@]1(C)C[C@@H](O)O[C@@H](C)[C@@H]1O. The van der Waals surface area contributed by atoms with Gasteiger partial charge in [0.25, 0.3) is 0 Å². The summed E-state index contributed by atoms with van der Waals surface area (Å²) in [6.45, 7) is 3.48. The molecule has 0 bridgehead atoms. The van der Waals surface area contributed by atoms with Crippen molar-refractivity contribution in [2.75, 3.05) is 7.11 Å². The Morgan fingerprint density at radius 2 is 2.08 bits per heavy atom. The highest BCUT2D eigenvalue weighted by Gasteiger charge is 2.44. The van der Waals surface area contributed by atoms with Crippen LogP contribution in [0.3, 0.4) is 0 Å². The minimum absolute atomic E-state index is 0.301. The molecular formula is C8H16O4. The third-order valence-corrected chi connectivity index (χ3v) is 2.49.